The molecule has 2 nitrogen and oxygen atoms in total. The second-order valence-electron chi connectivity index (χ2n) is 4.62. The van der Waals surface area contributed by atoms with Crippen molar-refractivity contribution in [2.75, 3.05) is 19.0 Å². The van der Waals surface area contributed by atoms with Gasteiger partial charge in [0.15, 0.2) is 0 Å². The SMILES string of the molecule is CC1COC(CCl)CN1Cc1ccc(F)cc1Cl. The summed E-state index contributed by atoms with van der Waals surface area (Å²) in [7, 11) is 0. The Morgan fingerprint density at radius 2 is 2.28 bits per heavy atom. The smallest absolute Gasteiger partial charge is 0.124 e. The molecule has 1 aliphatic rings. The van der Waals surface area contributed by atoms with Gasteiger partial charge in [-0.3, -0.25) is 4.90 Å². The lowest BCUT2D eigenvalue weighted by molar-refractivity contribution is -0.0510. The van der Waals surface area contributed by atoms with Crippen LogP contribution in [0.2, 0.25) is 5.02 Å². The normalized spacial score (nSPS) is 25.3. The minimum Gasteiger partial charge on any atom is -0.374 e. The highest BCUT2D eigenvalue weighted by atomic mass is 35.5. The standard InChI is InChI=1S/C13H16Cl2FNO/c1-9-8-18-12(5-14)7-17(9)6-10-2-3-11(16)4-13(10)15/h2-4,9,12H,5-8H2,1H3. The van der Waals surface area contributed by atoms with Crippen LogP contribution in [0.5, 0.6) is 0 Å². The van der Waals surface area contributed by atoms with Crippen LogP contribution in [0.1, 0.15) is 12.5 Å². The first-order valence-corrected chi connectivity index (χ1v) is 6.87. The van der Waals surface area contributed by atoms with Crippen molar-refractivity contribution in [3.63, 3.8) is 0 Å². The molecule has 1 aromatic carbocycles. The summed E-state index contributed by atoms with van der Waals surface area (Å²) in [6, 6.07) is 4.83. The van der Waals surface area contributed by atoms with E-state index in [0.717, 1.165) is 12.1 Å². The molecule has 1 saturated heterocycles. The lowest BCUT2D eigenvalue weighted by atomic mass is 10.1. The Balaban J connectivity index is 2.07. The van der Waals surface area contributed by atoms with E-state index in [9.17, 15) is 4.39 Å². The largest absolute Gasteiger partial charge is 0.374 e. The Labute approximate surface area is 117 Å². The first-order valence-electron chi connectivity index (χ1n) is 5.95. The Bertz CT molecular complexity index is 416. The molecule has 0 amide bonds. The van der Waals surface area contributed by atoms with Crippen LogP contribution < -0.4 is 0 Å². The van der Waals surface area contributed by atoms with E-state index in [1.165, 1.54) is 12.1 Å². The van der Waals surface area contributed by atoms with Gasteiger partial charge in [-0.15, -0.1) is 11.6 Å². The van der Waals surface area contributed by atoms with Crippen LogP contribution in [-0.4, -0.2) is 36.1 Å². The van der Waals surface area contributed by atoms with E-state index in [-0.39, 0.29) is 11.9 Å². The number of nitrogens with zero attached hydrogens (tertiary/aromatic N) is 1. The molecule has 18 heavy (non-hydrogen) atoms. The molecule has 1 heterocycles. The van der Waals surface area contributed by atoms with Gasteiger partial charge in [0, 0.05) is 30.0 Å². The molecule has 0 spiro atoms. The molecular formula is C13H16Cl2FNO. The third kappa shape index (κ3) is 3.35. The van der Waals surface area contributed by atoms with Crippen molar-refractivity contribution in [1.82, 2.24) is 4.90 Å². The Kier molecular flexibility index (Phi) is 4.84. The van der Waals surface area contributed by atoms with Gasteiger partial charge in [-0.1, -0.05) is 17.7 Å². The van der Waals surface area contributed by atoms with E-state index >= 15 is 0 Å². The molecule has 0 bridgehead atoms. The van der Waals surface area contributed by atoms with Gasteiger partial charge in [0.05, 0.1) is 12.7 Å². The molecule has 5 heteroatoms. The minimum absolute atomic E-state index is 0.0575. The summed E-state index contributed by atoms with van der Waals surface area (Å²) in [6.07, 6.45) is 0.0575. The predicted molar refractivity (Wildman–Crippen MR) is 71.7 cm³/mol. The topological polar surface area (TPSA) is 12.5 Å². The summed E-state index contributed by atoms with van der Waals surface area (Å²) < 4.78 is 18.6. The van der Waals surface area contributed by atoms with Crippen LogP contribution in [0.15, 0.2) is 18.2 Å². The van der Waals surface area contributed by atoms with Crippen molar-refractivity contribution in [2.24, 2.45) is 0 Å². The number of hydrogen-bond donors (Lipinski definition) is 0. The Hall–Kier alpha value is -0.350. The summed E-state index contributed by atoms with van der Waals surface area (Å²) in [5.74, 6) is 0.179. The number of rotatable bonds is 3. The van der Waals surface area contributed by atoms with Gasteiger partial charge in [0.2, 0.25) is 0 Å². The molecule has 0 radical (unpaired) electrons. The third-order valence-corrected chi connectivity index (χ3v) is 3.89. The Morgan fingerprint density at radius 1 is 1.50 bits per heavy atom. The number of benzene rings is 1. The van der Waals surface area contributed by atoms with Crippen LogP contribution in [0.4, 0.5) is 4.39 Å². The van der Waals surface area contributed by atoms with Crippen LogP contribution in [-0.2, 0) is 11.3 Å². The maximum Gasteiger partial charge on any atom is 0.124 e. The number of ether oxygens (including phenoxy) is 1. The van der Waals surface area contributed by atoms with Crippen LogP contribution >= 0.6 is 23.2 Å². The van der Waals surface area contributed by atoms with E-state index in [1.807, 2.05) is 0 Å². The zero-order valence-corrected chi connectivity index (χ0v) is 11.7. The molecule has 2 rings (SSSR count). The fraction of sp³-hybridized carbons (Fsp3) is 0.538. The zero-order valence-electron chi connectivity index (χ0n) is 10.2. The van der Waals surface area contributed by atoms with Gasteiger partial charge in [-0.2, -0.15) is 0 Å². The molecule has 0 aromatic heterocycles. The fourth-order valence-electron chi connectivity index (χ4n) is 2.06. The van der Waals surface area contributed by atoms with E-state index in [1.54, 1.807) is 6.07 Å². The van der Waals surface area contributed by atoms with Gasteiger partial charge >= 0.3 is 0 Å². The highest BCUT2D eigenvalue weighted by Gasteiger charge is 2.25. The monoisotopic (exact) mass is 291 g/mol. The van der Waals surface area contributed by atoms with Crippen molar-refractivity contribution >= 4 is 23.2 Å². The van der Waals surface area contributed by atoms with Gasteiger partial charge in [-0.25, -0.2) is 4.39 Å². The second-order valence-corrected chi connectivity index (χ2v) is 5.34. The van der Waals surface area contributed by atoms with E-state index in [0.29, 0.717) is 30.1 Å². The average molecular weight is 292 g/mol. The molecule has 0 aliphatic carbocycles. The maximum absolute atomic E-state index is 13.0. The number of hydrogen-bond acceptors (Lipinski definition) is 2. The maximum atomic E-state index is 13.0. The molecule has 1 aromatic rings. The van der Waals surface area contributed by atoms with Gasteiger partial charge in [-0.05, 0) is 24.6 Å². The lowest BCUT2D eigenvalue weighted by Crippen LogP contribution is -2.48. The lowest BCUT2D eigenvalue weighted by Gasteiger charge is -2.37. The quantitative estimate of drug-likeness (QED) is 0.793. The zero-order chi connectivity index (χ0) is 13.1. The van der Waals surface area contributed by atoms with Crippen molar-refractivity contribution in [3.8, 4) is 0 Å². The molecule has 0 N–H and O–H groups in total. The summed E-state index contributed by atoms with van der Waals surface area (Å²) in [6.45, 7) is 4.23. The van der Waals surface area contributed by atoms with E-state index in [2.05, 4.69) is 11.8 Å². The van der Waals surface area contributed by atoms with Gasteiger partial charge in [0.25, 0.3) is 0 Å². The summed E-state index contributed by atoms with van der Waals surface area (Å²) in [5.41, 5.74) is 0.931. The summed E-state index contributed by atoms with van der Waals surface area (Å²) in [5, 5.41) is 0.469. The number of halogens is 3. The van der Waals surface area contributed by atoms with E-state index < -0.39 is 0 Å². The number of morpholine rings is 1. The van der Waals surface area contributed by atoms with Crippen molar-refractivity contribution < 1.29 is 9.13 Å². The fourth-order valence-corrected chi connectivity index (χ4v) is 2.47. The minimum atomic E-state index is -0.308. The third-order valence-electron chi connectivity index (χ3n) is 3.20. The first kappa shape index (κ1) is 14.1. The highest BCUT2D eigenvalue weighted by molar-refractivity contribution is 6.31. The van der Waals surface area contributed by atoms with Crippen LogP contribution in [0.3, 0.4) is 0 Å². The first-order chi connectivity index (χ1) is 8.60. The molecule has 1 aliphatic heterocycles. The van der Waals surface area contributed by atoms with E-state index in [4.69, 9.17) is 27.9 Å². The van der Waals surface area contributed by atoms with Gasteiger partial charge in [0.1, 0.15) is 5.82 Å². The van der Waals surface area contributed by atoms with Crippen LogP contribution in [0.25, 0.3) is 0 Å². The molecule has 1 fully saturated rings. The molecular weight excluding hydrogens is 276 g/mol. The van der Waals surface area contributed by atoms with Crippen LogP contribution in [0, 0.1) is 5.82 Å². The molecule has 100 valence electrons. The molecule has 2 unspecified atom stereocenters. The average Bonchev–Trinajstić information content (AvgIpc) is 2.35. The predicted octanol–water partition coefficient (Wildman–Crippen LogP) is 3.31. The van der Waals surface area contributed by atoms with Crippen molar-refractivity contribution in [2.45, 2.75) is 25.6 Å². The van der Waals surface area contributed by atoms with Crippen molar-refractivity contribution in [3.05, 3.63) is 34.6 Å². The van der Waals surface area contributed by atoms with Gasteiger partial charge < -0.3 is 4.74 Å². The second kappa shape index (κ2) is 6.20. The highest BCUT2D eigenvalue weighted by Crippen LogP contribution is 2.22. The van der Waals surface area contributed by atoms with Crippen molar-refractivity contribution in [1.29, 1.82) is 0 Å². The number of alkyl halides is 1. The Morgan fingerprint density at radius 3 is 2.94 bits per heavy atom. The molecule has 2 atom stereocenters. The summed E-state index contributed by atoms with van der Waals surface area (Å²) >= 11 is 11.9. The summed E-state index contributed by atoms with van der Waals surface area (Å²) in [4.78, 5) is 2.26. The molecule has 0 saturated carbocycles.